The molecule has 3 heterocycles. The number of thiazole rings is 1. The van der Waals surface area contributed by atoms with Crippen LogP contribution in [-0.4, -0.2) is 45.6 Å². The Labute approximate surface area is 243 Å². The van der Waals surface area contributed by atoms with Gasteiger partial charge in [0.15, 0.2) is 0 Å². The van der Waals surface area contributed by atoms with Crippen LogP contribution in [-0.2, 0) is 21.7 Å². The molecule has 2 N–H and O–H groups in total. The number of fused-ring (bicyclic) bond motifs is 3. The van der Waals surface area contributed by atoms with Crippen molar-refractivity contribution < 1.29 is 29.0 Å². The molecule has 4 aromatic rings. The number of aromatic nitrogens is 2. The smallest absolute Gasteiger partial charge is 0.335 e. The second-order valence-electron chi connectivity index (χ2n) is 10.9. The molecule has 208 valence electrons. The maximum absolute atomic E-state index is 12.1. The van der Waals surface area contributed by atoms with Crippen LogP contribution in [0.1, 0.15) is 58.3 Å². The number of carboxylic acids is 1. The van der Waals surface area contributed by atoms with Gasteiger partial charge >= 0.3 is 5.97 Å². The third-order valence-electron chi connectivity index (χ3n) is 8.39. The number of rotatable bonds is 7. The van der Waals surface area contributed by atoms with E-state index in [0.29, 0.717) is 70.4 Å². The molecular weight excluding hydrogens is 575 g/mol. The maximum atomic E-state index is 12.1. The number of aromatic carboxylic acids is 1. The molecule has 2 aromatic heterocycles. The molecule has 2 aliphatic carbocycles. The molecule has 4 atom stereocenters. The Morgan fingerprint density at radius 3 is 2.52 bits per heavy atom. The van der Waals surface area contributed by atoms with Gasteiger partial charge in [0.25, 0.3) is 0 Å². The normalized spacial score (nSPS) is 26.3. The van der Waals surface area contributed by atoms with Gasteiger partial charge in [0.2, 0.25) is 0 Å². The summed E-state index contributed by atoms with van der Waals surface area (Å²) < 4.78 is 18.9. The number of benzene rings is 2. The lowest BCUT2D eigenvalue weighted by Gasteiger charge is -2.50. The molecule has 0 radical (unpaired) electrons. The zero-order chi connectivity index (χ0) is 27.6. The zero-order valence-corrected chi connectivity index (χ0v) is 23.6. The third kappa shape index (κ3) is 4.44. The van der Waals surface area contributed by atoms with Crippen LogP contribution < -0.4 is 0 Å². The van der Waals surface area contributed by atoms with Crippen molar-refractivity contribution in [3.8, 4) is 11.3 Å². The molecule has 7 rings (SSSR count). The molecule has 2 bridgehead atoms. The second-order valence-corrected chi connectivity index (χ2v) is 12.8. The van der Waals surface area contributed by atoms with Gasteiger partial charge in [-0.15, -0.1) is 11.3 Å². The van der Waals surface area contributed by atoms with Gasteiger partial charge in [-0.25, -0.2) is 9.78 Å². The summed E-state index contributed by atoms with van der Waals surface area (Å²) in [5.74, 6) is -0.265. The third-order valence-corrected chi connectivity index (χ3v) is 10.2. The highest BCUT2D eigenvalue weighted by atomic mass is 35.5. The Morgan fingerprint density at radius 1 is 1.12 bits per heavy atom. The molecule has 8 nitrogen and oxygen atoms in total. The number of hydrogen-bond acceptors (Lipinski definition) is 8. The summed E-state index contributed by atoms with van der Waals surface area (Å²) in [5.41, 5.74) is 1.85. The number of carbonyl (C=O) groups is 1. The second kappa shape index (κ2) is 10.1. The van der Waals surface area contributed by atoms with Crippen LogP contribution in [0.4, 0.5) is 0 Å². The van der Waals surface area contributed by atoms with E-state index in [0.717, 1.165) is 28.9 Å². The van der Waals surface area contributed by atoms with Crippen LogP contribution in [0, 0.1) is 11.8 Å². The van der Waals surface area contributed by atoms with Gasteiger partial charge in [-0.05, 0) is 56.0 Å². The average Bonchev–Trinajstić information content (AvgIpc) is 3.53. The van der Waals surface area contributed by atoms with Crippen molar-refractivity contribution in [2.45, 2.75) is 49.9 Å². The molecule has 3 aliphatic rings. The highest BCUT2D eigenvalue weighted by Crippen LogP contribution is 2.51. The fraction of sp³-hybridized carbons (Fsp3) is 0.414. The van der Waals surface area contributed by atoms with Crippen molar-refractivity contribution >= 4 is 50.7 Å². The number of ether oxygens (including phenoxy) is 2. The highest BCUT2D eigenvalue weighted by molar-refractivity contribution is 7.18. The number of nitrogens with zero attached hydrogens (tertiary/aromatic N) is 2. The molecule has 2 aromatic carbocycles. The summed E-state index contributed by atoms with van der Waals surface area (Å²) in [6, 6.07) is 10.2. The SMILES string of the molecule is O=C(O)c1ccc2nc([C@]3(O)[C@@H]4COC[C@H]3CC(OCc3c(-c5c(Cl)cccc5Cl)noc3C3CC3)C4)sc2c1. The van der Waals surface area contributed by atoms with E-state index in [9.17, 15) is 15.0 Å². The van der Waals surface area contributed by atoms with Gasteiger partial charge in [0.1, 0.15) is 22.1 Å². The number of aliphatic hydroxyl groups is 1. The van der Waals surface area contributed by atoms with Gasteiger partial charge in [0, 0.05) is 28.9 Å². The molecule has 3 fully saturated rings. The summed E-state index contributed by atoms with van der Waals surface area (Å²) in [7, 11) is 0. The number of hydrogen-bond donors (Lipinski definition) is 2. The van der Waals surface area contributed by atoms with E-state index in [2.05, 4.69) is 5.16 Å². The number of halogens is 2. The van der Waals surface area contributed by atoms with E-state index >= 15 is 0 Å². The van der Waals surface area contributed by atoms with Crippen LogP contribution >= 0.6 is 34.5 Å². The molecule has 2 saturated carbocycles. The monoisotopic (exact) mass is 600 g/mol. The van der Waals surface area contributed by atoms with E-state index in [4.69, 9.17) is 42.2 Å². The molecule has 0 spiro atoms. The van der Waals surface area contributed by atoms with Crippen LogP contribution in [0.3, 0.4) is 0 Å². The Hall–Kier alpha value is -2.53. The summed E-state index contributed by atoms with van der Waals surface area (Å²) >= 11 is 14.4. The molecule has 11 heteroatoms. The minimum atomic E-state index is -1.17. The molecule has 0 amide bonds. The van der Waals surface area contributed by atoms with Crippen LogP contribution in [0.25, 0.3) is 21.5 Å². The standard InChI is InChI=1S/C29H26Cl2N2O6S/c30-20-2-1-3-21(31)24(20)25-19(26(39-33-25)14-4-5-14)13-38-18-9-16-11-37-12-17(10-18)29(16,36)28-32-22-7-6-15(27(34)35)8-23(22)40-28/h1-3,6-8,14,16-18,36H,4-5,9-13H2,(H,34,35)/t16-,17+,18?,29-. The lowest BCUT2D eigenvalue weighted by atomic mass is 9.66. The minimum Gasteiger partial charge on any atom is -0.478 e. The largest absolute Gasteiger partial charge is 0.478 e. The topological polar surface area (TPSA) is 115 Å². The first-order valence-electron chi connectivity index (χ1n) is 13.3. The van der Waals surface area contributed by atoms with Crippen LogP contribution in [0.2, 0.25) is 10.0 Å². The van der Waals surface area contributed by atoms with Gasteiger partial charge in [-0.3, -0.25) is 0 Å². The van der Waals surface area contributed by atoms with E-state index < -0.39 is 11.6 Å². The quantitative estimate of drug-likeness (QED) is 0.242. The first-order valence-corrected chi connectivity index (χ1v) is 14.9. The molecular formula is C29H26Cl2N2O6S. The van der Waals surface area contributed by atoms with E-state index in [1.165, 1.54) is 17.4 Å². The summed E-state index contributed by atoms with van der Waals surface area (Å²) in [6.45, 7) is 1.09. The molecule has 1 saturated heterocycles. The van der Waals surface area contributed by atoms with Crippen LogP contribution in [0.15, 0.2) is 40.9 Å². The van der Waals surface area contributed by atoms with Crippen molar-refractivity contribution in [3.63, 3.8) is 0 Å². The van der Waals surface area contributed by atoms with E-state index in [-0.39, 0.29) is 23.5 Å². The lowest BCUT2D eigenvalue weighted by Crippen LogP contribution is -2.55. The lowest BCUT2D eigenvalue weighted by molar-refractivity contribution is -0.209. The average molecular weight is 602 g/mol. The van der Waals surface area contributed by atoms with Crippen LogP contribution in [0.5, 0.6) is 0 Å². The van der Waals surface area contributed by atoms with Gasteiger partial charge < -0.3 is 24.2 Å². The fourth-order valence-electron chi connectivity index (χ4n) is 6.13. The molecule has 40 heavy (non-hydrogen) atoms. The van der Waals surface area contributed by atoms with Crippen molar-refractivity contribution in [2.24, 2.45) is 11.8 Å². The fourth-order valence-corrected chi connectivity index (χ4v) is 7.96. The first-order chi connectivity index (χ1) is 19.3. The van der Waals surface area contributed by atoms with Crippen molar-refractivity contribution in [3.05, 3.63) is 68.3 Å². The Kier molecular flexibility index (Phi) is 6.65. The van der Waals surface area contributed by atoms with Gasteiger partial charge in [0.05, 0.1) is 51.7 Å². The Morgan fingerprint density at radius 2 is 1.85 bits per heavy atom. The van der Waals surface area contributed by atoms with E-state index in [1.54, 1.807) is 30.3 Å². The number of carboxylic acid groups (broad SMARTS) is 1. The predicted molar refractivity (Wildman–Crippen MR) is 150 cm³/mol. The zero-order valence-electron chi connectivity index (χ0n) is 21.3. The molecule has 1 aliphatic heterocycles. The maximum Gasteiger partial charge on any atom is 0.335 e. The van der Waals surface area contributed by atoms with Crippen molar-refractivity contribution in [1.82, 2.24) is 10.1 Å². The summed E-state index contributed by atoms with van der Waals surface area (Å²) in [4.78, 5) is 16.2. The first kappa shape index (κ1) is 26.4. The Bertz CT molecular complexity index is 1580. The van der Waals surface area contributed by atoms with Crippen molar-refractivity contribution in [1.29, 1.82) is 0 Å². The summed E-state index contributed by atoms with van der Waals surface area (Å²) in [6.07, 6.45) is 3.17. The van der Waals surface area contributed by atoms with E-state index in [1.807, 2.05) is 0 Å². The Balaban J connectivity index is 1.14. The molecule has 1 unspecified atom stereocenters. The van der Waals surface area contributed by atoms with Crippen molar-refractivity contribution in [2.75, 3.05) is 13.2 Å². The minimum absolute atomic E-state index is 0.108. The predicted octanol–water partition coefficient (Wildman–Crippen LogP) is 6.66. The highest BCUT2D eigenvalue weighted by Gasteiger charge is 2.55. The van der Waals surface area contributed by atoms with Gasteiger partial charge in [-0.2, -0.15) is 0 Å². The van der Waals surface area contributed by atoms with Gasteiger partial charge in [-0.1, -0.05) is 34.4 Å². The summed E-state index contributed by atoms with van der Waals surface area (Å²) in [5, 5.41) is 27.4.